The van der Waals surface area contributed by atoms with Crippen LogP contribution in [0.5, 0.6) is 0 Å². The molecule has 1 amide bonds. The van der Waals surface area contributed by atoms with Crippen molar-refractivity contribution in [3.63, 3.8) is 0 Å². The molecule has 2 bridgehead atoms. The minimum atomic E-state index is -4.50. The number of piperidine rings is 1. The van der Waals surface area contributed by atoms with Gasteiger partial charge in [0.05, 0.1) is 29.6 Å². The number of alkyl halides is 3. The standard InChI is InChI=1S/C22H18F4N6O/c23-14-9-27-19(28-10-14)15-3-1-2-4-16(15)20(33)32-11-12-5-17(18(32)6-12)31-21-29-7-13(8-30-21)22(24,25)26/h1-4,7-10,12,17-18H,5-6,11H2,(H,29,30,31). The van der Waals surface area contributed by atoms with Crippen LogP contribution in [-0.2, 0) is 6.18 Å². The molecule has 2 fully saturated rings. The Labute approximate surface area is 185 Å². The molecule has 0 spiro atoms. The Kier molecular flexibility index (Phi) is 5.18. The molecule has 1 N–H and O–H groups in total. The Hall–Kier alpha value is -3.63. The van der Waals surface area contributed by atoms with E-state index in [1.54, 1.807) is 29.2 Å². The fourth-order valence-electron chi connectivity index (χ4n) is 4.60. The highest BCUT2D eigenvalue weighted by atomic mass is 19.4. The van der Waals surface area contributed by atoms with Crippen molar-refractivity contribution in [3.05, 3.63) is 66.0 Å². The number of likely N-dealkylation sites (tertiary alicyclic amines) is 1. The number of aromatic nitrogens is 4. The number of hydrogen-bond acceptors (Lipinski definition) is 6. The lowest BCUT2D eigenvalue weighted by Crippen LogP contribution is -2.48. The molecule has 2 aliphatic rings. The largest absolute Gasteiger partial charge is 0.419 e. The van der Waals surface area contributed by atoms with Crippen molar-refractivity contribution in [2.24, 2.45) is 5.92 Å². The highest BCUT2D eigenvalue weighted by molar-refractivity contribution is 6.00. The van der Waals surface area contributed by atoms with Crippen molar-refractivity contribution in [2.75, 3.05) is 11.9 Å². The number of nitrogens with one attached hydrogen (secondary N) is 1. The first-order chi connectivity index (χ1) is 15.8. The predicted octanol–water partition coefficient (Wildman–Crippen LogP) is 3.81. The van der Waals surface area contributed by atoms with Crippen LogP contribution >= 0.6 is 0 Å². The van der Waals surface area contributed by atoms with Crippen LogP contribution in [0.1, 0.15) is 28.8 Å². The minimum absolute atomic E-state index is 0.0908. The normalized spacial score (nSPS) is 21.9. The number of hydrogen-bond donors (Lipinski definition) is 1. The molecule has 3 atom stereocenters. The second-order valence-electron chi connectivity index (χ2n) is 8.18. The summed E-state index contributed by atoms with van der Waals surface area (Å²) in [7, 11) is 0. The molecule has 5 rings (SSSR count). The second kappa shape index (κ2) is 8.05. The van der Waals surface area contributed by atoms with E-state index in [2.05, 4.69) is 25.3 Å². The molecule has 0 radical (unpaired) electrons. The summed E-state index contributed by atoms with van der Waals surface area (Å²) in [6.07, 6.45) is 0.613. The van der Waals surface area contributed by atoms with Gasteiger partial charge in [-0.05, 0) is 24.8 Å². The number of benzene rings is 1. The van der Waals surface area contributed by atoms with E-state index in [0.717, 1.165) is 37.6 Å². The van der Waals surface area contributed by atoms with E-state index < -0.39 is 17.6 Å². The molecule has 1 saturated carbocycles. The molecule has 33 heavy (non-hydrogen) atoms. The SMILES string of the molecule is O=C(c1ccccc1-c1ncc(F)cn1)N1CC2CC(Nc3ncc(C(F)(F)F)cn3)C1C2. The molecule has 1 aliphatic heterocycles. The zero-order valence-corrected chi connectivity index (χ0v) is 17.1. The van der Waals surface area contributed by atoms with Gasteiger partial charge in [0.2, 0.25) is 5.95 Å². The number of rotatable bonds is 4. The van der Waals surface area contributed by atoms with E-state index in [0.29, 0.717) is 17.7 Å². The van der Waals surface area contributed by atoms with E-state index in [1.807, 2.05) is 0 Å². The molecule has 3 unspecified atom stereocenters. The Bertz CT molecular complexity index is 1170. The summed E-state index contributed by atoms with van der Waals surface area (Å²) in [4.78, 5) is 30.8. The van der Waals surface area contributed by atoms with Crippen molar-refractivity contribution in [3.8, 4) is 11.4 Å². The smallest absolute Gasteiger partial charge is 0.349 e. The first-order valence-corrected chi connectivity index (χ1v) is 10.3. The van der Waals surface area contributed by atoms with Gasteiger partial charge in [-0.15, -0.1) is 0 Å². The van der Waals surface area contributed by atoms with Gasteiger partial charge in [-0.25, -0.2) is 24.3 Å². The highest BCUT2D eigenvalue weighted by Crippen LogP contribution is 2.40. The topological polar surface area (TPSA) is 83.9 Å². The molecule has 3 heterocycles. The van der Waals surface area contributed by atoms with Crippen molar-refractivity contribution in [1.82, 2.24) is 24.8 Å². The van der Waals surface area contributed by atoms with E-state index in [4.69, 9.17) is 0 Å². The van der Waals surface area contributed by atoms with Gasteiger partial charge < -0.3 is 10.2 Å². The number of nitrogens with zero attached hydrogens (tertiary/aromatic N) is 5. The molecule has 1 saturated heterocycles. The van der Waals surface area contributed by atoms with Gasteiger partial charge >= 0.3 is 6.18 Å². The molecular weight excluding hydrogens is 440 g/mol. The molecular formula is C22H18F4N6O. The van der Waals surface area contributed by atoms with Crippen LogP contribution in [0.4, 0.5) is 23.5 Å². The molecule has 2 aromatic heterocycles. The Morgan fingerprint density at radius 1 is 1.00 bits per heavy atom. The number of anilines is 1. The van der Waals surface area contributed by atoms with Crippen LogP contribution in [0.2, 0.25) is 0 Å². The van der Waals surface area contributed by atoms with Gasteiger partial charge in [0.1, 0.15) is 0 Å². The van der Waals surface area contributed by atoms with Crippen molar-refractivity contribution in [2.45, 2.75) is 31.1 Å². The average molecular weight is 458 g/mol. The number of carbonyl (C=O) groups excluding carboxylic acids is 1. The Balaban J connectivity index is 1.35. The third-order valence-corrected chi connectivity index (χ3v) is 6.06. The number of halogens is 4. The van der Waals surface area contributed by atoms with Crippen LogP contribution in [0, 0.1) is 11.7 Å². The zero-order chi connectivity index (χ0) is 23.2. The van der Waals surface area contributed by atoms with Crippen LogP contribution in [-0.4, -0.2) is 49.4 Å². The molecule has 170 valence electrons. The van der Waals surface area contributed by atoms with Crippen molar-refractivity contribution in [1.29, 1.82) is 0 Å². The van der Waals surface area contributed by atoms with Gasteiger partial charge in [0.25, 0.3) is 5.91 Å². The summed E-state index contributed by atoms with van der Waals surface area (Å²) in [6, 6.07) is 6.54. The maximum atomic E-state index is 13.5. The van der Waals surface area contributed by atoms with Gasteiger partial charge in [0.15, 0.2) is 11.6 Å². The minimum Gasteiger partial charge on any atom is -0.349 e. The Morgan fingerprint density at radius 3 is 2.36 bits per heavy atom. The fraction of sp³-hybridized carbons (Fsp3) is 0.318. The second-order valence-corrected chi connectivity index (χ2v) is 8.18. The van der Waals surface area contributed by atoms with Gasteiger partial charge in [-0.2, -0.15) is 13.2 Å². The predicted molar refractivity (Wildman–Crippen MR) is 109 cm³/mol. The molecule has 7 nitrogen and oxygen atoms in total. The summed E-state index contributed by atoms with van der Waals surface area (Å²) in [5.41, 5.74) is -0.0144. The molecule has 3 aromatic rings. The molecule has 1 aromatic carbocycles. The molecule has 1 aliphatic carbocycles. The summed E-state index contributed by atoms with van der Waals surface area (Å²) in [5, 5.41) is 3.09. The summed E-state index contributed by atoms with van der Waals surface area (Å²) in [6.45, 7) is 0.578. The van der Waals surface area contributed by atoms with Crippen LogP contribution in [0.15, 0.2) is 49.1 Å². The van der Waals surface area contributed by atoms with Gasteiger partial charge in [0, 0.05) is 30.5 Å². The third-order valence-electron chi connectivity index (χ3n) is 6.06. The van der Waals surface area contributed by atoms with E-state index in [1.165, 1.54) is 0 Å². The van der Waals surface area contributed by atoms with Crippen LogP contribution in [0.25, 0.3) is 11.4 Å². The maximum Gasteiger partial charge on any atom is 0.419 e. The third kappa shape index (κ3) is 4.10. The summed E-state index contributed by atoms with van der Waals surface area (Å²) >= 11 is 0. The van der Waals surface area contributed by atoms with E-state index in [9.17, 15) is 22.4 Å². The monoisotopic (exact) mass is 458 g/mol. The van der Waals surface area contributed by atoms with E-state index >= 15 is 0 Å². The number of carbonyl (C=O) groups is 1. The van der Waals surface area contributed by atoms with Crippen molar-refractivity contribution < 1.29 is 22.4 Å². The molecule has 11 heteroatoms. The van der Waals surface area contributed by atoms with Crippen molar-refractivity contribution >= 4 is 11.9 Å². The van der Waals surface area contributed by atoms with Crippen LogP contribution < -0.4 is 5.32 Å². The first kappa shape index (κ1) is 21.2. The quantitative estimate of drug-likeness (QED) is 0.599. The lowest BCUT2D eigenvalue weighted by atomic mass is 10.0. The fourth-order valence-corrected chi connectivity index (χ4v) is 4.60. The van der Waals surface area contributed by atoms with Crippen LogP contribution in [0.3, 0.4) is 0 Å². The highest BCUT2D eigenvalue weighted by Gasteiger charge is 2.47. The Morgan fingerprint density at radius 2 is 1.70 bits per heavy atom. The number of fused-ring (bicyclic) bond motifs is 2. The zero-order valence-electron chi connectivity index (χ0n) is 17.1. The van der Waals surface area contributed by atoms with Gasteiger partial charge in [-0.3, -0.25) is 4.79 Å². The summed E-state index contributed by atoms with van der Waals surface area (Å²) < 4.78 is 51.5. The first-order valence-electron chi connectivity index (χ1n) is 10.3. The lowest BCUT2D eigenvalue weighted by Gasteiger charge is -2.34. The maximum absolute atomic E-state index is 13.5. The number of amides is 1. The lowest BCUT2D eigenvalue weighted by molar-refractivity contribution is -0.138. The average Bonchev–Trinajstić information content (AvgIpc) is 3.40. The van der Waals surface area contributed by atoms with Gasteiger partial charge in [-0.1, -0.05) is 18.2 Å². The summed E-state index contributed by atoms with van der Waals surface area (Å²) in [5.74, 6) is -0.171. The van der Waals surface area contributed by atoms with E-state index in [-0.39, 0.29) is 35.7 Å².